The van der Waals surface area contributed by atoms with Crippen molar-refractivity contribution in [3.8, 4) is 0 Å². The maximum atomic E-state index is 12.6. The van der Waals surface area contributed by atoms with E-state index in [1.54, 1.807) is 32.0 Å². The van der Waals surface area contributed by atoms with Gasteiger partial charge in [-0.2, -0.15) is 0 Å². The van der Waals surface area contributed by atoms with Gasteiger partial charge >= 0.3 is 5.97 Å². The van der Waals surface area contributed by atoms with Crippen LogP contribution in [0.2, 0.25) is 0 Å². The van der Waals surface area contributed by atoms with Crippen LogP contribution in [-0.2, 0) is 0 Å². The van der Waals surface area contributed by atoms with Crippen molar-refractivity contribution in [3.05, 3.63) is 62.7 Å². The third-order valence-corrected chi connectivity index (χ3v) is 4.93. The maximum absolute atomic E-state index is 12.6. The monoisotopic (exact) mass is 383 g/mol. The van der Waals surface area contributed by atoms with E-state index in [-0.39, 0.29) is 16.8 Å². The van der Waals surface area contributed by atoms with Gasteiger partial charge in [0.1, 0.15) is 5.69 Å². The first-order chi connectivity index (χ1) is 13.3. The SMILES string of the molecule is Cc1cc(C)c(C(=O)O)cc1NC(=O)c1ccc(N2CCCC2)c([N+](=O)[O-])c1. The first kappa shape index (κ1) is 19.3. The lowest BCUT2D eigenvalue weighted by Crippen LogP contribution is -2.20. The van der Waals surface area contributed by atoms with Crippen LogP contribution in [0.25, 0.3) is 0 Å². The average Bonchev–Trinajstić information content (AvgIpc) is 3.17. The Balaban J connectivity index is 1.91. The van der Waals surface area contributed by atoms with E-state index in [4.69, 9.17) is 0 Å². The number of amides is 1. The number of aryl methyl sites for hydroxylation is 2. The Morgan fingerprint density at radius 3 is 2.39 bits per heavy atom. The Hall–Kier alpha value is -3.42. The van der Waals surface area contributed by atoms with Crippen molar-refractivity contribution in [1.29, 1.82) is 0 Å². The zero-order valence-electron chi connectivity index (χ0n) is 15.7. The van der Waals surface area contributed by atoms with E-state index in [0.717, 1.165) is 25.9 Å². The molecule has 1 heterocycles. The molecule has 8 heteroatoms. The van der Waals surface area contributed by atoms with E-state index in [2.05, 4.69) is 5.32 Å². The molecular weight excluding hydrogens is 362 g/mol. The molecule has 28 heavy (non-hydrogen) atoms. The van der Waals surface area contributed by atoms with Crippen LogP contribution < -0.4 is 10.2 Å². The number of carbonyl (C=O) groups excluding carboxylic acids is 1. The van der Waals surface area contributed by atoms with Gasteiger partial charge in [0.2, 0.25) is 0 Å². The molecule has 2 aromatic rings. The first-order valence-corrected chi connectivity index (χ1v) is 8.97. The first-order valence-electron chi connectivity index (χ1n) is 8.97. The summed E-state index contributed by atoms with van der Waals surface area (Å²) in [4.78, 5) is 36.9. The van der Waals surface area contributed by atoms with Crippen molar-refractivity contribution >= 4 is 28.9 Å². The zero-order valence-corrected chi connectivity index (χ0v) is 15.7. The number of nitrogens with one attached hydrogen (secondary N) is 1. The molecule has 0 bridgehead atoms. The topological polar surface area (TPSA) is 113 Å². The maximum Gasteiger partial charge on any atom is 0.336 e. The minimum absolute atomic E-state index is 0.0938. The summed E-state index contributed by atoms with van der Waals surface area (Å²) in [6.07, 6.45) is 1.97. The fourth-order valence-corrected chi connectivity index (χ4v) is 3.45. The number of carboxylic acids is 1. The highest BCUT2D eigenvalue weighted by molar-refractivity contribution is 6.06. The summed E-state index contributed by atoms with van der Waals surface area (Å²) in [5.41, 5.74) is 2.30. The van der Waals surface area contributed by atoms with Crippen molar-refractivity contribution < 1.29 is 19.6 Å². The number of carboxylic acid groups (broad SMARTS) is 1. The van der Waals surface area contributed by atoms with E-state index < -0.39 is 16.8 Å². The fraction of sp³-hybridized carbons (Fsp3) is 0.300. The lowest BCUT2D eigenvalue weighted by atomic mass is 10.0. The largest absolute Gasteiger partial charge is 0.478 e. The van der Waals surface area contributed by atoms with Gasteiger partial charge in [-0.05, 0) is 56.0 Å². The third-order valence-electron chi connectivity index (χ3n) is 4.93. The number of nitro groups is 1. The number of carbonyl (C=O) groups is 2. The highest BCUT2D eigenvalue weighted by Crippen LogP contribution is 2.32. The molecule has 8 nitrogen and oxygen atoms in total. The number of hydrogen-bond acceptors (Lipinski definition) is 5. The molecule has 1 fully saturated rings. The Morgan fingerprint density at radius 1 is 1.11 bits per heavy atom. The summed E-state index contributed by atoms with van der Waals surface area (Å²) in [6.45, 7) is 4.95. The van der Waals surface area contributed by atoms with E-state index in [1.807, 2.05) is 4.90 Å². The number of nitro benzene ring substituents is 1. The van der Waals surface area contributed by atoms with Crippen LogP contribution in [0.5, 0.6) is 0 Å². The summed E-state index contributed by atoms with van der Waals surface area (Å²) >= 11 is 0. The van der Waals surface area contributed by atoms with Gasteiger partial charge in [0.15, 0.2) is 0 Å². The standard InChI is InChI=1S/C20H21N3O5/c1-12-9-13(2)16(11-15(12)20(25)26)21-19(24)14-5-6-17(18(10-14)23(27)28)22-7-3-4-8-22/h5-6,9-11H,3-4,7-8H2,1-2H3,(H,21,24)(H,25,26). The van der Waals surface area contributed by atoms with Crippen molar-refractivity contribution in [2.75, 3.05) is 23.3 Å². The molecule has 1 aliphatic rings. The predicted octanol–water partition coefficient (Wildman–Crippen LogP) is 3.76. The molecule has 0 spiro atoms. The second-order valence-electron chi connectivity index (χ2n) is 6.90. The van der Waals surface area contributed by atoms with Crippen LogP contribution in [0, 0.1) is 24.0 Å². The molecule has 1 aliphatic heterocycles. The van der Waals surface area contributed by atoms with Crippen LogP contribution in [0.15, 0.2) is 30.3 Å². The van der Waals surface area contributed by atoms with E-state index in [1.165, 1.54) is 12.1 Å². The summed E-state index contributed by atoms with van der Waals surface area (Å²) in [5.74, 6) is -1.61. The van der Waals surface area contributed by atoms with Gasteiger partial charge in [0, 0.05) is 30.4 Å². The second kappa shape index (κ2) is 7.67. The molecular formula is C20H21N3O5. The molecule has 0 aromatic heterocycles. The van der Waals surface area contributed by atoms with Crippen LogP contribution in [0.3, 0.4) is 0 Å². The van der Waals surface area contributed by atoms with Crippen molar-refractivity contribution in [2.45, 2.75) is 26.7 Å². The predicted molar refractivity (Wildman–Crippen MR) is 105 cm³/mol. The number of aromatic carboxylic acids is 1. The fourth-order valence-electron chi connectivity index (χ4n) is 3.45. The Labute approximate surface area is 161 Å². The minimum atomic E-state index is -1.08. The number of nitrogens with zero attached hydrogens (tertiary/aromatic N) is 2. The number of anilines is 2. The normalized spacial score (nSPS) is 13.4. The highest BCUT2D eigenvalue weighted by Gasteiger charge is 2.24. The molecule has 146 valence electrons. The van der Waals surface area contributed by atoms with Gasteiger partial charge in [0.25, 0.3) is 11.6 Å². The molecule has 0 unspecified atom stereocenters. The van der Waals surface area contributed by atoms with Crippen LogP contribution in [-0.4, -0.2) is 35.0 Å². The molecule has 1 amide bonds. The van der Waals surface area contributed by atoms with E-state index in [0.29, 0.717) is 22.5 Å². The quantitative estimate of drug-likeness (QED) is 0.600. The zero-order chi connectivity index (χ0) is 20.4. The van der Waals surface area contributed by atoms with Crippen LogP contribution >= 0.6 is 0 Å². The summed E-state index contributed by atoms with van der Waals surface area (Å²) < 4.78 is 0. The lowest BCUT2D eigenvalue weighted by Gasteiger charge is -2.18. The van der Waals surface area contributed by atoms with Crippen molar-refractivity contribution in [3.63, 3.8) is 0 Å². The Kier molecular flexibility index (Phi) is 5.30. The molecule has 3 rings (SSSR count). The van der Waals surface area contributed by atoms with Gasteiger partial charge in [-0.1, -0.05) is 6.07 Å². The second-order valence-corrected chi connectivity index (χ2v) is 6.90. The molecule has 0 aliphatic carbocycles. The molecule has 1 saturated heterocycles. The molecule has 0 radical (unpaired) electrons. The molecule has 2 aromatic carbocycles. The number of benzene rings is 2. The summed E-state index contributed by atoms with van der Waals surface area (Å²) in [5, 5.41) is 23.4. The van der Waals surface area contributed by atoms with Crippen molar-refractivity contribution in [1.82, 2.24) is 0 Å². The average molecular weight is 383 g/mol. The smallest absolute Gasteiger partial charge is 0.336 e. The Morgan fingerprint density at radius 2 is 1.79 bits per heavy atom. The van der Waals surface area contributed by atoms with E-state index >= 15 is 0 Å². The van der Waals surface area contributed by atoms with Gasteiger partial charge in [-0.25, -0.2) is 4.79 Å². The van der Waals surface area contributed by atoms with Crippen LogP contribution in [0.4, 0.5) is 17.1 Å². The minimum Gasteiger partial charge on any atom is -0.478 e. The Bertz CT molecular complexity index is 965. The van der Waals surface area contributed by atoms with E-state index in [9.17, 15) is 24.8 Å². The lowest BCUT2D eigenvalue weighted by molar-refractivity contribution is -0.384. The van der Waals surface area contributed by atoms with Crippen molar-refractivity contribution in [2.24, 2.45) is 0 Å². The summed E-state index contributed by atoms with van der Waals surface area (Å²) in [6, 6.07) is 7.50. The molecule has 0 saturated carbocycles. The molecule has 0 atom stereocenters. The van der Waals surface area contributed by atoms with Crippen LogP contribution in [0.1, 0.15) is 44.7 Å². The highest BCUT2D eigenvalue weighted by atomic mass is 16.6. The van der Waals surface area contributed by atoms with Gasteiger partial charge in [0.05, 0.1) is 10.5 Å². The van der Waals surface area contributed by atoms with Gasteiger partial charge in [-0.3, -0.25) is 14.9 Å². The van der Waals surface area contributed by atoms with Gasteiger partial charge < -0.3 is 15.3 Å². The van der Waals surface area contributed by atoms with Gasteiger partial charge in [-0.15, -0.1) is 0 Å². The third kappa shape index (κ3) is 3.80. The number of hydrogen-bond donors (Lipinski definition) is 2. The molecule has 2 N–H and O–H groups in total. The summed E-state index contributed by atoms with van der Waals surface area (Å²) in [7, 11) is 0. The number of rotatable bonds is 5.